The molecule has 1 saturated heterocycles. The zero-order valence-electron chi connectivity index (χ0n) is 12.5. The summed E-state index contributed by atoms with van der Waals surface area (Å²) in [5.41, 5.74) is 1.12. The summed E-state index contributed by atoms with van der Waals surface area (Å²) in [7, 11) is 2.75. The van der Waals surface area contributed by atoms with E-state index in [-0.39, 0.29) is 12.5 Å². The van der Waals surface area contributed by atoms with Gasteiger partial charge in [0.2, 0.25) is 0 Å². The topological polar surface area (TPSA) is 96.3 Å². The van der Waals surface area contributed by atoms with Crippen molar-refractivity contribution in [3.63, 3.8) is 0 Å². The highest BCUT2D eigenvalue weighted by Gasteiger charge is 2.31. The number of methoxy groups -OCH3 is 2. The molecule has 0 spiro atoms. The van der Waals surface area contributed by atoms with Gasteiger partial charge in [-0.2, -0.15) is 0 Å². The standard InChI is InChI=1S/C15H19NO6/c1-21-13-7-9(3-4-11(13)14(18)22-2)10-5-6-16(15(19)20)8-12(10)17/h3-4,7,10,12,17H,5-6,8H2,1-2H3,(H,19,20). The first-order valence-corrected chi connectivity index (χ1v) is 6.90. The van der Waals surface area contributed by atoms with E-state index in [0.29, 0.717) is 24.3 Å². The average molecular weight is 309 g/mol. The van der Waals surface area contributed by atoms with Gasteiger partial charge in [-0.05, 0) is 24.1 Å². The number of ether oxygens (including phenoxy) is 2. The Balaban J connectivity index is 2.23. The second kappa shape index (κ2) is 6.65. The van der Waals surface area contributed by atoms with Crippen molar-refractivity contribution in [2.45, 2.75) is 18.4 Å². The Morgan fingerprint density at radius 3 is 2.59 bits per heavy atom. The summed E-state index contributed by atoms with van der Waals surface area (Å²) >= 11 is 0. The maximum absolute atomic E-state index is 11.6. The lowest BCUT2D eigenvalue weighted by Crippen LogP contribution is -2.45. The maximum atomic E-state index is 11.6. The van der Waals surface area contributed by atoms with E-state index in [4.69, 9.17) is 9.84 Å². The minimum atomic E-state index is -1.03. The van der Waals surface area contributed by atoms with Crippen molar-refractivity contribution in [2.24, 2.45) is 0 Å². The van der Waals surface area contributed by atoms with Crippen molar-refractivity contribution in [2.75, 3.05) is 27.3 Å². The van der Waals surface area contributed by atoms with Crippen LogP contribution in [0.4, 0.5) is 4.79 Å². The maximum Gasteiger partial charge on any atom is 0.407 e. The number of aliphatic hydroxyl groups excluding tert-OH is 1. The number of rotatable bonds is 3. The molecule has 0 radical (unpaired) electrons. The Bertz CT molecular complexity index is 573. The molecule has 120 valence electrons. The predicted octanol–water partition coefficient (Wildman–Crippen LogP) is 1.31. The molecule has 1 aliphatic rings. The van der Waals surface area contributed by atoms with Gasteiger partial charge in [0.15, 0.2) is 0 Å². The molecular weight excluding hydrogens is 290 g/mol. The van der Waals surface area contributed by atoms with Crippen LogP contribution in [0.5, 0.6) is 5.75 Å². The van der Waals surface area contributed by atoms with Crippen LogP contribution >= 0.6 is 0 Å². The molecule has 22 heavy (non-hydrogen) atoms. The van der Waals surface area contributed by atoms with Crippen LogP contribution in [0, 0.1) is 0 Å². The normalized spacial score (nSPS) is 21.3. The third kappa shape index (κ3) is 3.14. The molecule has 2 rings (SSSR count). The average Bonchev–Trinajstić information content (AvgIpc) is 2.53. The van der Waals surface area contributed by atoms with Crippen molar-refractivity contribution < 1.29 is 29.3 Å². The highest BCUT2D eigenvalue weighted by atomic mass is 16.5. The van der Waals surface area contributed by atoms with Gasteiger partial charge in [0.25, 0.3) is 0 Å². The van der Waals surface area contributed by atoms with E-state index in [0.717, 1.165) is 5.56 Å². The Hall–Kier alpha value is -2.28. The molecule has 7 heteroatoms. The van der Waals surface area contributed by atoms with Gasteiger partial charge >= 0.3 is 12.1 Å². The number of likely N-dealkylation sites (tertiary alicyclic amines) is 1. The zero-order chi connectivity index (χ0) is 16.3. The van der Waals surface area contributed by atoms with E-state index < -0.39 is 18.2 Å². The van der Waals surface area contributed by atoms with Crippen LogP contribution in [-0.4, -0.2) is 60.6 Å². The van der Waals surface area contributed by atoms with Crippen LogP contribution < -0.4 is 4.74 Å². The van der Waals surface area contributed by atoms with Crippen LogP contribution in [0.15, 0.2) is 18.2 Å². The van der Waals surface area contributed by atoms with E-state index in [1.165, 1.54) is 19.1 Å². The summed E-state index contributed by atoms with van der Waals surface area (Å²) in [5, 5.41) is 19.2. The Morgan fingerprint density at radius 1 is 1.32 bits per heavy atom. The van der Waals surface area contributed by atoms with Crippen molar-refractivity contribution in [1.29, 1.82) is 0 Å². The summed E-state index contributed by atoms with van der Waals surface area (Å²) in [4.78, 5) is 23.8. The summed E-state index contributed by atoms with van der Waals surface area (Å²) in [6.07, 6.45) is -1.32. The molecule has 1 aromatic rings. The van der Waals surface area contributed by atoms with Crippen LogP contribution in [-0.2, 0) is 4.74 Å². The molecule has 1 aliphatic heterocycles. The molecule has 2 atom stereocenters. The fourth-order valence-electron chi connectivity index (χ4n) is 2.71. The quantitative estimate of drug-likeness (QED) is 0.817. The van der Waals surface area contributed by atoms with Crippen molar-refractivity contribution in [3.05, 3.63) is 29.3 Å². The number of carboxylic acid groups (broad SMARTS) is 1. The second-order valence-electron chi connectivity index (χ2n) is 5.14. The first-order chi connectivity index (χ1) is 10.5. The minimum absolute atomic E-state index is 0.0705. The highest BCUT2D eigenvalue weighted by Crippen LogP contribution is 2.32. The Labute approximate surface area is 128 Å². The highest BCUT2D eigenvalue weighted by molar-refractivity contribution is 5.92. The molecular formula is C15H19NO6. The second-order valence-corrected chi connectivity index (χ2v) is 5.14. The van der Waals surface area contributed by atoms with Crippen LogP contribution in [0.1, 0.15) is 28.3 Å². The number of hydrogen-bond donors (Lipinski definition) is 2. The number of hydrogen-bond acceptors (Lipinski definition) is 5. The fourth-order valence-corrected chi connectivity index (χ4v) is 2.71. The summed E-state index contributed by atoms with van der Waals surface area (Å²) < 4.78 is 9.89. The molecule has 0 aromatic heterocycles. The monoisotopic (exact) mass is 309 g/mol. The molecule has 0 bridgehead atoms. The number of β-amino-alcohol motifs (C(OH)–C–C–N with tert-alkyl or cyclic N) is 1. The van der Waals surface area contributed by atoms with Crippen molar-refractivity contribution in [3.8, 4) is 5.75 Å². The third-order valence-electron chi connectivity index (χ3n) is 3.91. The van der Waals surface area contributed by atoms with Gasteiger partial charge in [-0.1, -0.05) is 6.07 Å². The summed E-state index contributed by atoms with van der Waals surface area (Å²) in [6.45, 7) is 0.430. The number of benzene rings is 1. The van der Waals surface area contributed by atoms with Crippen molar-refractivity contribution >= 4 is 12.1 Å². The van der Waals surface area contributed by atoms with E-state index in [2.05, 4.69) is 4.74 Å². The lowest BCUT2D eigenvalue weighted by Gasteiger charge is -2.34. The van der Waals surface area contributed by atoms with E-state index in [9.17, 15) is 14.7 Å². The zero-order valence-corrected chi connectivity index (χ0v) is 12.5. The minimum Gasteiger partial charge on any atom is -0.496 e. The largest absolute Gasteiger partial charge is 0.496 e. The lowest BCUT2D eigenvalue weighted by atomic mass is 9.86. The van der Waals surface area contributed by atoms with Gasteiger partial charge in [0, 0.05) is 12.5 Å². The molecule has 1 heterocycles. The van der Waals surface area contributed by atoms with Crippen molar-refractivity contribution in [1.82, 2.24) is 4.90 Å². The lowest BCUT2D eigenvalue weighted by molar-refractivity contribution is 0.0502. The van der Waals surface area contributed by atoms with Gasteiger partial charge in [0.05, 0.1) is 26.9 Å². The van der Waals surface area contributed by atoms with Gasteiger partial charge in [-0.25, -0.2) is 9.59 Å². The van der Waals surface area contributed by atoms with Crippen LogP contribution in [0.25, 0.3) is 0 Å². The fraction of sp³-hybridized carbons (Fsp3) is 0.467. The van der Waals surface area contributed by atoms with Crippen LogP contribution in [0.3, 0.4) is 0 Å². The Kier molecular flexibility index (Phi) is 4.87. The van der Waals surface area contributed by atoms with Gasteiger partial charge in [0.1, 0.15) is 11.3 Å². The Morgan fingerprint density at radius 2 is 2.05 bits per heavy atom. The van der Waals surface area contributed by atoms with Gasteiger partial charge < -0.3 is 24.6 Å². The van der Waals surface area contributed by atoms with Crippen LogP contribution in [0.2, 0.25) is 0 Å². The number of amides is 1. The number of carbonyl (C=O) groups excluding carboxylic acids is 1. The van der Waals surface area contributed by atoms with Gasteiger partial charge in [-0.15, -0.1) is 0 Å². The van der Waals surface area contributed by atoms with E-state index >= 15 is 0 Å². The molecule has 2 N–H and O–H groups in total. The molecule has 7 nitrogen and oxygen atoms in total. The molecule has 0 aliphatic carbocycles. The molecule has 1 aromatic carbocycles. The predicted molar refractivity (Wildman–Crippen MR) is 77.3 cm³/mol. The molecule has 1 amide bonds. The first-order valence-electron chi connectivity index (χ1n) is 6.90. The molecule has 1 fully saturated rings. The SMILES string of the molecule is COC(=O)c1ccc(C2CCN(C(=O)O)CC2O)cc1OC. The third-order valence-corrected chi connectivity index (χ3v) is 3.91. The number of carbonyl (C=O) groups is 2. The number of esters is 1. The summed E-state index contributed by atoms with van der Waals surface area (Å²) in [6, 6.07) is 5.02. The molecule has 0 saturated carbocycles. The van der Waals surface area contributed by atoms with E-state index in [1.54, 1.807) is 18.2 Å². The number of nitrogens with zero attached hydrogens (tertiary/aromatic N) is 1. The first kappa shape index (κ1) is 16.1. The molecule has 2 unspecified atom stereocenters. The number of piperidine rings is 1. The van der Waals surface area contributed by atoms with Gasteiger partial charge in [-0.3, -0.25) is 0 Å². The summed E-state index contributed by atoms with van der Waals surface area (Å²) in [5.74, 6) is -0.321. The smallest absolute Gasteiger partial charge is 0.407 e. The van der Waals surface area contributed by atoms with E-state index in [1.807, 2.05) is 0 Å². The number of aliphatic hydroxyl groups is 1.